The van der Waals surface area contributed by atoms with Crippen LogP contribution in [0.25, 0.3) is 11.1 Å². The number of nitrogens with zero attached hydrogens (tertiary/aromatic N) is 1. The molecule has 1 atom stereocenters. The molecule has 0 aliphatic heterocycles. The van der Waals surface area contributed by atoms with Gasteiger partial charge < -0.3 is 15.8 Å². The van der Waals surface area contributed by atoms with Gasteiger partial charge in [0, 0.05) is 16.9 Å². The van der Waals surface area contributed by atoms with Crippen molar-refractivity contribution in [3.63, 3.8) is 0 Å². The number of halogens is 1. The van der Waals surface area contributed by atoms with Gasteiger partial charge in [-0.05, 0) is 24.1 Å². The van der Waals surface area contributed by atoms with Crippen molar-refractivity contribution < 1.29 is 5.11 Å². The molecule has 0 fully saturated rings. The molecule has 106 valence electrons. The molecule has 5 nitrogen and oxygen atoms in total. The number of rotatable bonds is 4. The number of H-pyrrole nitrogens is 1. The highest BCUT2D eigenvalue weighted by Crippen LogP contribution is 2.24. The Morgan fingerprint density at radius 2 is 2.05 bits per heavy atom. The second-order valence-corrected chi connectivity index (χ2v) is 5.51. The summed E-state index contributed by atoms with van der Waals surface area (Å²) in [6.45, 7) is 1.96. The Hall–Kier alpha value is -1.66. The minimum atomic E-state index is -0.363. The molecule has 0 amide bonds. The lowest BCUT2D eigenvalue weighted by Gasteiger charge is -2.09. The Kier molecular flexibility index (Phi) is 4.57. The maximum atomic E-state index is 12.1. The number of aromatic nitrogens is 2. The number of hydrogen-bond donors (Lipinski definition) is 3. The van der Waals surface area contributed by atoms with Crippen LogP contribution in [0.3, 0.4) is 0 Å². The minimum absolute atomic E-state index is 0.0870. The normalized spacial score (nSPS) is 12.3. The van der Waals surface area contributed by atoms with Crippen molar-refractivity contribution >= 4 is 15.9 Å². The molecule has 0 bridgehead atoms. The van der Waals surface area contributed by atoms with E-state index in [1.54, 1.807) is 24.3 Å². The lowest BCUT2D eigenvalue weighted by atomic mass is 10.1. The fourth-order valence-corrected chi connectivity index (χ4v) is 2.14. The first-order valence-electron chi connectivity index (χ1n) is 6.35. The highest BCUT2D eigenvalue weighted by molar-refractivity contribution is 9.10. The van der Waals surface area contributed by atoms with Gasteiger partial charge in [0.05, 0.1) is 0 Å². The van der Waals surface area contributed by atoms with Gasteiger partial charge in [0.1, 0.15) is 11.4 Å². The van der Waals surface area contributed by atoms with E-state index in [4.69, 9.17) is 5.73 Å². The highest BCUT2D eigenvalue weighted by atomic mass is 79.9. The predicted molar refractivity (Wildman–Crippen MR) is 81.6 cm³/mol. The van der Waals surface area contributed by atoms with Crippen LogP contribution >= 0.6 is 15.9 Å². The van der Waals surface area contributed by atoms with Gasteiger partial charge in [0.25, 0.3) is 5.56 Å². The SMILES string of the molecule is CCC(N)Cc1nc(O)c(-c2ccc(Br)cc2)c(=O)[nH]1. The monoisotopic (exact) mass is 337 g/mol. The van der Waals surface area contributed by atoms with Gasteiger partial charge >= 0.3 is 0 Å². The van der Waals surface area contributed by atoms with Gasteiger partial charge in [0.15, 0.2) is 0 Å². The Morgan fingerprint density at radius 3 is 2.60 bits per heavy atom. The summed E-state index contributed by atoms with van der Waals surface area (Å²) in [6.07, 6.45) is 1.21. The molecule has 4 N–H and O–H groups in total. The Bertz CT molecular complexity index is 652. The number of nitrogens with one attached hydrogen (secondary N) is 1. The van der Waals surface area contributed by atoms with Gasteiger partial charge in [-0.2, -0.15) is 4.98 Å². The van der Waals surface area contributed by atoms with E-state index in [1.807, 2.05) is 6.92 Å². The maximum absolute atomic E-state index is 12.1. The van der Waals surface area contributed by atoms with Crippen LogP contribution < -0.4 is 11.3 Å². The molecule has 0 aliphatic rings. The van der Waals surface area contributed by atoms with Crippen molar-refractivity contribution in [2.45, 2.75) is 25.8 Å². The predicted octanol–water partition coefficient (Wildman–Crippen LogP) is 2.18. The zero-order chi connectivity index (χ0) is 14.7. The molecule has 1 aromatic carbocycles. The van der Waals surface area contributed by atoms with E-state index in [-0.39, 0.29) is 23.0 Å². The highest BCUT2D eigenvalue weighted by Gasteiger charge is 2.14. The fourth-order valence-electron chi connectivity index (χ4n) is 1.87. The summed E-state index contributed by atoms with van der Waals surface area (Å²) in [7, 11) is 0. The molecule has 6 heteroatoms. The summed E-state index contributed by atoms with van der Waals surface area (Å²) in [5.74, 6) is 0.136. The molecular weight excluding hydrogens is 322 g/mol. The molecule has 1 aromatic heterocycles. The third kappa shape index (κ3) is 3.26. The average Bonchev–Trinajstić information content (AvgIpc) is 2.40. The smallest absolute Gasteiger partial charge is 0.262 e. The largest absolute Gasteiger partial charge is 0.493 e. The first-order valence-corrected chi connectivity index (χ1v) is 7.14. The van der Waals surface area contributed by atoms with Gasteiger partial charge in [-0.15, -0.1) is 0 Å². The van der Waals surface area contributed by atoms with E-state index < -0.39 is 0 Å². The number of aromatic hydroxyl groups is 1. The van der Waals surface area contributed by atoms with Gasteiger partial charge in [-0.3, -0.25) is 4.79 Å². The Labute approximate surface area is 125 Å². The second kappa shape index (κ2) is 6.19. The summed E-state index contributed by atoms with van der Waals surface area (Å²) in [6, 6.07) is 7.00. The summed E-state index contributed by atoms with van der Waals surface area (Å²) < 4.78 is 0.899. The van der Waals surface area contributed by atoms with Gasteiger partial charge in [-0.25, -0.2) is 0 Å². The molecular formula is C14H16BrN3O2. The summed E-state index contributed by atoms with van der Waals surface area (Å²) in [5, 5.41) is 10.00. The second-order valence-electron chi connectivity index (χ2n) is 4.59. The molecule has 0 saturated heterocycles. The Morgan fingerprint density at radius 1 is 1.40 bits per heavy atom. The van der Waals surface area contributed by atoms with Crippen LogP contribution in [-0.2, 0) is 6.42 Å². The molecule has 2 aromatic rings. The van der Waals surface area contributed by atoms with E-state index in [0.29, 0.717) is 17.8 Å². The molecule has 0 radical (unpaired) electrons. The quantitative estimate of drug-likeness (QED) is 0.797. The third-order valence-corrected chi connectivity index (χ3v) is 3.59. The topological polar surface area (TPSA) is 92.0 Å². The molecule has 1 heterocycles. The molecule has 0 spiro atoms. The number of nitrogens with two attached hydrogens (primary N) is 1. The molecule has 2 rings (SSSR count). The standard InChI is InChI=1S/C14H16BrN3O2/c1-2-10(16)7-11-17-13(19)12(14(20)18-11)8-3-5-9(15)6-4-8/h3-6,10H,2,7,16H2,1H3,(H2,17,18,19,20). The van der Waals surface area contributed by atoms with Crippen LogP contribution in [0.1, 0.15) is 19.2 Å². The van der Waals surface area contributed by atoms with E-state index >= 15 is 0 Å². The zero-order valence-corrected chi connectivity index (χ0v) is 12.6. The van der Waals surface area contributed by atoms with Crippen molar-refractivity contribution in [3.8, 4) is 17.0 Å². The van der Waals surface area contributed by atoms with Crippen molar-refractivity contribution in [3.05, 3.63) is 44.9 Å². The number of hydrogen-bond acceptors (Lipinski definition) is 4. The Balaban J connectivity index is 2.41. The van der Waals surface area contributed by atoms with Crippen LogP contribution in [0.4, 0.5) is 0 Å². The van der Waals surface area contributed by atoms with Crippen LogP contribution in [0.5, 0.6) is 5.88 Å². The first kappa shape index (κ1) is 14.7. The van der Waals surface area contributed by atoms with Crippen molar-refractivity contribution in [1.82, 2.24) is 9.97 Å². The van der Waals surface area contributed by atoms with Crippen molar-refractivity contribution in [2.75, 3.05) is 0 Å². The average molecular weight is 338 g/mol. The molecule has 20 heavy (non-hydrogen) atoms. The number of aromatic amines is 1. The van der Waals surface area contributed by atoms with E-state index in [1.165, 1.54) is 0 Å². The molecule has 0 aliphatic carbocycles. The van der Waals surface area contributed by atoms with E-state index in [2.05, 4.69) is 25.9 Å². The maximum Gasteiger partial charge on any atom is 0.262 e. The lowest BCUT2D eigenvalue weighted by Crippen LogP contribution is -2.25. The first-order chi connectivity index (χ1) is 9.51. The third-order valence-electron chi connectivity index (χ3n) is 3.06. The van der Waals surface area contributed by atoms with Crippen LogP contribution in [-0.4, -0.2) is 21.1 Å². The fraction of sp³-hybridized carbons (Fsp3) is 0.286. The zero-order valence-electron chi connectivity index (χ0n) is 11.1. The number of benzene rings is 1. The minimum Gasteiger partial charge on any atom is -0.493 e. The lowest BCUT2D eigenvalue weighted by molar-refractivity contribution is 0.448. The summed E-state index contributed by atoms with van der Waals surface area (Å²) in [4.78, 5) is 18.8. The van der Waals surface area contributed by atoms with Crippen LogP contribution in [0.2, 0.25) is 0 Å². The summed E-state index contributed by atoms with van der Waals surface area (Å²) >= 11 is 3.32. The molecule has 1 unspecified atom stereocenters. The van der Waals surface area contributed by atoms with Crippen molar-refractivity contribution in [1.29, 1.82) is 0 Å². The van der Waals surface area contributed by atoms with Crippen LogP contribution in [0, 0.1) is 0 Å². The summed E-state index contributed by atoms with van der Waals surface area (Å²) in [5.41, 5.74) is 6.25. The van der Waals surface area contributed by atoms with Gasteiger partial charge in [0.2, 0.25) is 5.88 Å². The van der Waals surface area contributed by atoms with Gasteiger partial charge in [-0.1, -0.05) is 35.0 Å². The van der Waals surface area contributed by atoms with Crippen LogP contribution in [0.15, 0.2) is 33.5 Å². The van der Waals surface area contributed by atoms with E-state index in [0.717, 1.165) is 10.9 Å². The van der Waals surface area contributed by atoms with Crippen molar-refractivity contribution in [2.24, 2.45) is 5.73 Å². The van der Waals surface area contributed by atoms with E-state index in [9.17, 15) is 9.90 Å². The molecule has 0 saturated carbocycles.